The summed E-state index contributed by atoms with van der Waals surface area (Å²) in [7, 11) is 0. The molecule has 0 fully saturated rings. The molecule has 0 unspecified atom stereocenters. The fraction of sp³-hybridized carbons (Fsp3) is 0.312. The minimum atomic E-state index is -0.337. The van der Waals surface area contributed by atoms with Gasteiger partial charge in [-0.05, 0) is 32.0 Å². The third kappa shape index (κ3) is 4.79. The molecule has 0 aliphatic carbocycles. The maximum absolute atomic E-state index is 13.4. The number of nitrogens with one attached hydrogen (secondary N) is 1. The fourth-order valence-corrected chi connectivity index (χ4v) is 2.35. The number of nitrogens with zero attached hydrogens (tertiary/aromatic N) is 1. The number of hydrogen-bond donors (Lipinski definition) is 1. The molecule has 5 heteroatoms. The van der Waals surface area contributed by atoms with Crippen molar-refractivity contribution in [3.05, 3.63) is 52.0 Å². The minimum absolute atomic E-state index is 0.337. The number of halogens is 2. The van der Waals surface area contributed by atoms with E-state index in [1.54, 1.807) is 12.3 Å². The summed E-state index contributed by atoms with van der Waals surface area (Å²) < 4.78 is 19.9. The third-order valence-electron chi connectivity index (χ3n) is 2.89. The molecule has 1 N–H and O–H groups in total. The van der Waals surface area contributed by atoms with Crippen molar-refractivity contribution in [3.63, 3.8) is 0 Å². The zero-order valence-corrected chi connectivity index (χ0v) is 13.7. The Morgan fingerprint density at radius 3 is 2.81 bits per heavy atom. The van der Waals surface area contributed by atoms with Crippen LogP contribution >= 0.6 is 15.9 Å². The van der Waals surface area contributed by atoms with Gasteiger partial charge >= 0.3 is 0 Å². The number of aryl methyl sites for hydroxylation is 1. The monoisotopic (exact) mass is 352 g/mol. The van der Waals surface area contributed by atoms with E-state index in [0.717, 1.165) is 24.2 Å². The van der Waals surface area contributed by atoms with Crippen molar-refractivity contribution in [1.82, 2.24) is 10.3 Å². The van der Waals surface area contributed by atoms with Gasteiger partial charge in [-0.3, -0.25) is 4.98 Å². The highest BCUT2D eigenvalue weighted by molar-refractivity contribution is 9.10. The molecular weight excluding hydrogens is 335 g/mol. The predicted octanol–water partition coefficient (Wildman–Crippen LogP) is 4.58. The Balaban J connectivity index is 2.22. The Kier molecular flexibility index (Phi) is 5.70. The summed E-state index contributed by atoms with van der Waals surface area (Å²) in [6.07, 6.45) is 2.86. The van der Waals surface area contributed by atoms with Crippen molar-refractivity contribution in [3.8, 4) is 11.5 Å². The first-order chi connectivity index (χ1) is 10.1. The van der Waals surface area contributed by atoms with Crippen molar-refractivity contribution in [2.24, 2.45) is 0 Å². The van der Waals surface area contributed by atoms with E-state index in [1.165, 1.54) is 12.1 Å². The van der Waals surface area contributed by atoms with E-state index in [9.17, 15) is 4.39 Å². The van der Waals surface area contributed by atoms with E-state index in [2.05, 4.69) is 33.2 Å². The highest BCUT2D eigenvalue weighted by atomic mass is 79.9. The van der Waals surface area contributed by atoms with E-state index >= 15 is 0 Å². The molecule has 1 aromatic carbocycles. The molecule has 0 radical (unpaired) electrons. The molecule has 0 aliphatic heterocycles. The number of benzene rings is 1. The lowest BCUT2D eigenvalue weighted by Gasteiger charge is -2.12. The number of ether oxygens (including phenoxy) is 1. The summed E-state index contributed by atoms with van der Waals surface area (Å²) in [6.45, 7) is 5.62. The molecule has 1 aromatic heterocycles. The van der Waals surface area contributed by atoms with Crippen molar-refractivity contribution >= 4 is 15.9 Å². The molecular formula is C16H18BrFN2O. The topological polar surface area (TPSA) is 34.2 Å². The summed E-state index contributed by atoms with van der Waals surface area (Å²) in [5.41, 5.74) is 1.81. The standard InChI is InChI=1S/C16H18BrFN2O/c1-3-4-19-9-12-10-20-11(2)5-16(12)21-15-7-13(17)6-14(18)8-15/h5-8,10,19H,3-4,9H2,1-2H3. The van der Waals surface area contributed by atoms with Crippen molar-refractivity contribution in [2.75, 3.05) is 6.54 Å². The maximum atomic E-state index is 13.4. The zero-order chi connectivity index (χ0) is 15.2. The lowest BCUT2D eigenvalue weighted by Crippen LogP contribution is -2.14. The van der Waals surface area contributed by atoms with E-state index in [0.29, 0.717) is 22.5 Å². The largest absolute Gasteiger partial charge is 0.457 e. The van der Waals surface area contributed by atoms with E-state index in [4.69, 9.17) is 4.74 Å². The van der Waals surface area contributed by atoms with Crippen LogP contribution in [0, 0.1) is 12.7 Å². The van der Waals surface area contributed by atoms with Crippen LogP contribution in [0.5, 0.6) is 11.5 Å². The molecule has 0 bridgehead atoms. The van der Waals surface area contributed by atoms with Gasteiger partial charge in [0.1, 0.15) is 17.3 Å². The molecule has 0 aliphatic rings. The lowest BCUT2D eigenvalue weighted by atomic mass is 10.2. The molecule has 2 rings (SSSR count). The van der Waals surface area contributed by atoms with Crippen LogP contribution in [0.2, 0.25) is 0 Å². The highest BCUT2D eigenvalue weighted by Gasteiger charge is 2.08. The number of aromatic nitrogens is 1. The lowest BCUT2D eigenvalue weighted by molar-refractivity contribution is 0.465. The predicted molar refractivity (Wildman–Crippen MR) is 85.1 cm³/mol. The van der Waals surface area contributed by atoms with Crippen LogP contribution in [-0.2, 0) is 6.54 Å². The second kappa shape index (κ2) is 7.52. The van der Waals surface area contributed by atoms with Gasteiger partial charge in [-0.2, -0.15) is 0 Å². The Bertz CT molecular complexity index is 599. The fourth-order valence-electron chi connectivity index (χ4n) is 1.91. The highest BCUT2D eigenvalue weighted by Crippen LogP contribution is 2.28. The van der Waals surface area contributed by atoms with Crippen molar-refractivity contribution in [1.29, 1.82) is 0 Å². The minimum Gasteiger partial charge on any atom is -0.457 e. The van der Waals surface area contributed by atoms with Gasteiger partial charge in [-0.1, -0.05) is 22.9 Å². The van der Waals surface area contributed by atoms with E-state index in [-0.39, 0.29) is 5.82 Å². The van der Waals surface area contributed by atoms with Gasteiger partial charge in [-0.15, -0.1) is 0 Å². The van der Waals surface area contributed by atoms with Gasteiger partial charge in [0.05, 0.1) is 0 Å². The number of hydrogen-bond acceptors (Lipinski definition) is 3. The van der Waals surface area contributed by atoms with Crippen molar-refractivity contribution in [2.45, 2.75) is 26.8 Å². The van der Waals surface area contributed by atoms with Crippen LogP contribution in [0.4, 0.5) is 4.39 Å². The van der Waals surface area contributed by atoms with Gasteiger partial charge in [-0.25, -0.2) is 4.39 Å². The van der Waals surface area contributed by atoms with Crippen LogP contribution in [0.25, 0.3) is 0 Å². The van der Waals surface area contributed by atoms with Crippen LogP contribution in [0.15, 0.2) is 34.9 Å². The normalized spacial score (nSPS) is 10.7. The van der Waals surface area contributed by atoms with Crippen LogP contribution in [0.1, 0.15) is 24.6 Å². The summed E-state index contributed by atoms with van der Waals surface area (Å²) >= 11 is 3.27. The Morgan fingerprint density at radius 1 is 1.29 bits per heavy atom. The van der Waals surface area contributed by atoms with Crippen LogP contribution in [0.3, 0.4) is 0 Å². The van der Waals surface area contributed by atoms with E-state index < -0.39 is 0 Å². The SMILES string of the molecule is CCCNCc1cnc(C)cc1Oc1cc(F)cc(Br)c1. The average Bonchev–Trinajstić information content (AvgIpc) is 2.40. The second-order valence-electron chi connectivity index (χ2n) is 4.82. The molecule has 0 spiro atoms. The molecule has 0 saturated carbocycles. The Morgan fingerprint density at radius 2 is 2.10 bits per heavy atom. The molecule has 0 atom stereocenters. The number of pyridine rings is 1. The summed E-state index contributed by atoms with van der Waals surface area (Å²) in [5, 5.41) is 3.32. The molecule has 0 saturated heterocycles. The quantitative estimate of drug-likeness (QED) is 0.772. The zero-order valence-electron chi connectivity index (χ0n) is 12.1. The first-order valence-corrected chi connectivity index (χ1v) is 7.68. The first kappa shape index (κ1) is 15.9. The third-order valence-corrected chi connectivity index (χ3v) is 3.34. The summed E-state index contributed by atoms with van der Waals surface area (Å²) in [6, 6.07) is 6.36. The van der Waals surface area contributed by atoms with Gasteiger partial charge < -0.3 is 10.1 Å². The Labute approximate surface area is 132 Å². The molecule has 21 heavy (non-hydrogen) atoms. The summed E-state index contributed by atoms with van der Waals surface area (Å²) in [5.74, 6) is 0.823. The molecule has 3 nitrogen and oxygen atoms in total. The first-order valence-electron chi connectivity index (χ1n) is 6.88. The molecule has 2 aromatic rings. The van der Waals surface area contributed by atoms with Crippen molar-refractivity contribution < 1.29 is 9.13 Å². The van der Waals surface area contributed by atoms with Crippen LogP contribution in [-0.4, -0.2) is 11.5 Å². The van der Waals surface area contributed by atoms with Gasteiger partial charge in [0.2, 0.25) is 0 Å². The summed E-state index contributed by atoms with van der Waals surface area (Å²) in [4.78, 5) is 4.29. The Hall–Kier alpha value is -1.46. The molecule has 0 amide bonds. The second-order valence-corrected chi connectivity index (χ2v) is 5.73. The average molecular weight is 353 g/mol. The van der Waals surface area contributed by atoms with Crippen LogP contribution < -0.4 is 10.1 Å². The van der Waals surface area contributed by atoms with Gasteiger partial charge in [0, 0.05) is 40.6 Å². The van der Waals surface area contributed by atoms with E-state index in [1.807, 2.05) is 13.0 Å². The maximum Gasteiger partial charge on any atom is 0.135 e. The van der Waals surface area contributed by atoms with Gasteiger partial charge in [0.25, 0.3) is 0 Å². The molecule has 1 heterocycles. The van der Waals surface area contributed by atoms with Gasteiger partial charge in [0.15, 0.2) is 0 Å². The smallest absolute Gasteiger partial charge is 0.135 e. The number of rotatable bonds is 6. The molecule has 112 valence electrons.